The maximum absolute atomic E-state index is 9.56. The Kier molecular flexibility index (Phi) is 5.18. The molecule has 0 aliphatic rings. The molecule has 0 spiro atoms. The van der Waals surface area contributed by atoms with E-state index in [4.69, 9.17) is 9.84 Å². The Morgan fingerprint density at radius 1 is 1.56 bits per heavy atom. The molecule has 1 aromatic heterocycles. The highest BCUT2D eigenvalue weighted by atomic mass is 16.5. The fourth-order valence-electron chi connectivity index (χ4n) is 1.42. The van der Waals surface area contributed by atoms with E-state index in [9.17, 15) is 5.11 Å². The molecule has 1 unspecified atom stereocenters. The maximum atomic E-state index is 9.56. The summed E-state index contributed by atoms with van der Waals surface area (Å²) in [5.41, 5.74) is 0.804. The molecule has 16 heavy (non-hydrogen) atoms. The molecule has 1 rings (SSSR count). The van der Waals surface area contributed by atoms with E-state index >= 15 is 0 Å². The first-order chi connectivity index (χ1) is 7.67. The van der Waals surface area contributed by atoms with Crippen LogP contribution in [-0.2, 0) is 11.3 Å². The van der Waals surface area contributed by atoms with Gasteiger partial charge < -0.3 is 19.8 Å². The van der Waals surface area contributed by atoms with Gasteiger partial charge in [-0.15, -0.1) is 0 Å². The standard InChI is InChI=1S/C11H18N2O3/c1-13(6-10(15)8-16-2)11-5-9(7-14)3-4-12-11/h3-5,10,14-15H,6-8H2,1-2H3. The summed E-state index contributed by atoms with van der Waals surface area (Å²) < 4.78 is 4.85. The van der Waals surface area contributed by atoms with Gasteiger partial charge in [-0.05, 0) is 17.7 Å². The molecule has 0 bridgehead atoms. The molecule has 0 aromatic carbocycles. The van der Waals surface area contributed by atoms with E-state index < -0.39 is 6.10 Å². The molecule has 2 N–H and O–H groups in total. The summed E-state index contributed by atoms with van der Waals surface area (Å²) in [4.78, 5) is 5.99. The van der Waals surface area contributed by atoms with Crippen LogP contribution in [-0.4, -0.2) is 48.6 Å². The van der Waals surface area contributed by atoms with Gasteiger partial charge in [-0.1, -0.05) is 0 Å². The van der Waals surface area contributed by atoms with Gasteiger partial charge in [-0.3, -0.25) is 0 Å². The molecular formula is C11H18N2O3. The molecular weight excluding hydrogens is 208 g/mol. The van der Waals surface area contributed by atoms with E-state index in [1.165, 1.54) is 0 Å². The van der Waals surface area contributed by atoms with Crippen molar-refractivity contribution < 1.29 is 14.9 Å². The van der Waals surface area contributed by atoms with Crippen molar-refractivity contribution in [2.45, 2.75) is 12.7 Å². The topological polar surface area (TPSA) is 65.8 Å². The van der Waals surface area contributed by atoms with Gasteiger partial charge in [0.25, 0.3) is 0 Å². The van der Waals surface area contributed by atoms with E-state index in [-0.39, 0.29) is 6.61 Å². The van der Waals surface area contributed by atoms with Crippen LogP contribution in [0, 0.1) is 0 Å². The van der Waals surface area contributed by atoms with Gasteiger partial charge in [0.05, 0.1) is 19.3 Å². The predicted molar refractivity (Wildman–Crippen MR) is 61.3 cm³/mol. The van der Waals surface area contributed by atoms with Crippen molar-refractivity contribution in [1.82, 2.24) is 4.98 Å². The quantitative estimate of drug-likeness (QED) is 0.715. The lowest BCUT2D eigenvalue weighted by atomic mass is 10.2. The third-order valence-electron chi connectivity index (χ3n) is 2.23. The molecule has 90 valence electrons. The van der Waals surface area contributed by atoms with Crippen molar-refractivity contribution >= 4 is 5.82 Å². The van der Waals surface area contributed by atoms with Gasteiger partial charge in [0.2, 0.25) is 0 Å². The highest BCUT2D eigenvalue weighted by molar-refractivity contribution is 5.39. The monoisotopic (exact) mass is 226 g/mol. The first-order valence-electron chi connectivity index (χ1n) is 5.11. The summed E-state index contributed by atoms with van der Waals surface area (Å²) in [5.74, 6) is 0.724. The second-order valence-electron chi connectivity index (χ2n) is 3.67. The second kappa shape index (κ2) is 6.42. The van der Waals surface area contributed by atoms with Crippen LogP contribution in [0.25, 0.3) is 0 Å². The van der Waals surface area contributed by atoms with Gasteiger partial charge in [0.1, 0.15) is 5.82 Å². The summed E-state index contributed by atoms with van der Waals surface area (Å²) >= 11 is 0. The van der Waals surface area contributed by atoms with Gasteiger partial charge in [-0.2, -0.15) is 0 Å². The number of aromatic nitrogens is 1. The zero-order valence-corrected chi connectivity index (χ0v) is 9.63. The van der Waals surface area contributed by atoms with E-state index in [0.717, 1.165) is 11.4 Å². The number of pyridine rings is 1. The van der Waals surface area contributed by atoms with Crippen LogP contribution >= 0.6 is 0 Å². The van der Waals surface area contributed by atoms with Crippen molar-refractivity contribution in [1.29, 1.82) is 0 Å². The van der Waals surface area contributed by atoms with E-state index in [1.807, 2.05) is 11.9 Å². The van der Waals surface area contributed by atoms with Crippen LogP contribution in [0.1, 0.15) is 5.56 Å². The Bertz CT molecular complexity index is 320. The van der Waals surface area contributed by atoms with E-state index in [0.29, 0.717) is 13.2 Å². The van der Waals surface area contributed by atoms with Crippen LogP contribution in [0.2, 0.25) is 0 Å². The third kappa shape index (κ3) is 3.77. The lowest BCUT2D eigenvalue weighted by Crippen LogP contribution is -2.32. The van der Waals surface area contributed by atoms with Crippen molar-refractivity contribution in [2.75, 3.05) is 32.2 Å². The third-order valence-corrected chi connectivity index (χ3v) is 2.23. The number of nitrogens with zero attached hydrogens (tertiary/aromatic N) is 2. The Labute approximate surface area is 95.3 Å². The molecule has 5 heteroatoms. The molecule has 0 amide bonds. The van der Waals surface area contributed by atoms with Crippen LogP contribution < -0.4 is 4.90 Å². The summed E-state index contributed by atoms with van der Waals surface area (Å²) in [6.45, 7) is 0.726. The number of likely N-dealkylation sites (N-methyl/N-ethyl adjacent to an activating group) is 1. The number of hydrogen-bond acceptors (Lipinski definition) is 5. The molecule has 1 aromatic rings. The average Bonchev–Trinajstić information content (AvgIpc) is 2.29. The van der Waals surface area contributed by atoms with Crippen molar-refractivity contribution in [3.05, 3.63) is 23.9 Å². The first kappa shape index (κ1) is 12.9. The van der Waals surface area contributed by atoms with Crippen molar-refractivity contribution in [3.63, 3.8) is 0 Å². The van der Waals surface area contributed by atoms with Gasteiger partial charge in [-0.25, -0.2) is 4.98 Å². The van der Waals surface area contributed by atoms with Crippen molar-refractivity contribution in [3.8, 4) is 0 Å². The summed E-state index contributed by atoms with van der Waals surface area (Å²) in [7, 11) is 3.39. The highest BCUT2D eigenvalue weighted by Gasteiger charge is 2.09. The minimum atomic E-state index is -0.547. The number of aliphatic hydroxyl groups excluding tert-OH is 2. The molecule has 0 aliphatic heterocycles. The summed E-state index contributed by atoms with van der Waals surface area (Å²) in [6.07, 6.45) is 1.09. The Balaban J connectivity index is 2.61. The predicted octanol–water partition coefficient (Wildman–Crippen LogP) is 0.0174. The molecule has 1 heterocycles. The smallest absolute Gasteiger partial charge is 0.128 e. The second-order valence-corrected chi connectivity index (χ2v) is 3.67. The number of hydrogen-bond donors (Lipinski definition) is 2. The Hall–Kier alpha value is -1.17. The minimum absolute atomic E-state index is 0.00994. The molecule has 0 saturated carbocycles. The van der Waals surface area contributed by atoms with E-state index in [1.54, 1.807) is 25.4 Å². The number of methoxy groups -OCH3 is 1. The number of rotatable bonds is 6. The number of anilines is 1. The highest BCUT2D eigenvalue weighted by Crippen LogP contribution is 2.11. The Morgan fingerprint density at radius 3 is 2.94 bits per heavy atom. The lowest BCUT2D eigenvalue weighted by Gasteiger charge is -2.21. The molecule has 0 aliphatic carbocycles. The van der Waals surface area contributed by atoms with Crippen LogP contribution in [0.15, 0.2) is 18.3 Å². The van der Waals surface area contributed by atoms with Crippen LogP contribution in [0.4, 0.5) is 5.82 Å². The zero-order chi connectivity index (χ0) is 12.0. The normalized spacial score (nSPS) is 12.5. The molecule has 1 atom stereocenters. The summed E-state index contributed by atoms with van der Waals surface area (Å²) in [6, 6.07) is 3.54. The maximum Gasteiger partial charge on any atom is 0.128 e. The van der Waals surface area contributed by atoms with Crippen LogP contribution in [0.5, 0.6) is 0 Å². The van der Waals surface area contributed by atoms with Gasteiger partial charge in [0, 0.05) is 26.9 Å². The first-order valence-corrected chi connectivity index (χ1v) is 5.11. The average molecular weight is 226 g/mol. The fourth-order valence-corrected chi connectivity index (χ4v) is 1.42. The molecule has 0 fully saturated rings. The fraction of sp³-hybridized carbons (Fsp3) is 0.545. The molecule has 5 nitrogen and oxygen atoms in total. The SMILES string of the molecule is COCC(O)CN(C)c1cc(CO)ccn1. The lowest BCUT2D eigenvalue weighted by molar-refractivity contribution is 0.0694. The molecule has 0 saturated heterocycles. The minimum Gasteiger partial charge on any atom is -0.392 e. The number of ether oxygens (including phenoxy) is 1. The van der Waals surface area contributed by atoms with E-state index in [2.05, 4.69) is 4.98 Å². The van der Waals surface area contributed by atoms with Gasteiger partial charge in [0.15, 0.2) is 0 Å². The van der Waals surface area contributed by atoms with Crippen LogP contribution in [0.3, 0.4) is 0 Å². The van der Waals surface area contributed by atoms with Gasteiger partial charge >= 0.3 is 0 Å². The summed E-state index contributed by atoms with van der Waals surface area (Å²) in [5, 5.41) is 18.6. The van der Waals surface area contributed by atoms with Crippen molar-refractivity contribution in [2.24, 2.45) is 0 Å². The largest absolute Gasteiger partial charge is 0.392 e. The zero-order valence-electron chi connectivity index (χ0n) is 9.63. The number of aliphatic hydroxyl groups is 2. The molecule has 0 radical (unpaired) electrons. The Morgan fingerprint density at radius 2 is 2.31 bits per heavy atom.